The third-order valence-electron chi connectivity index (χ3n) is 3.27. The Kier molecular flexibility index (Phi) is 3.97. The maximum atomic E-state index is 9.18. The lowest BCUT2D eigenvalue weighted by molar-refractivity contribution is 0.0505. The van der Waals surface area contributed by atoms with E-state index in [9.17, 15) is 5.11 Å². The van der Waals surface area contributed by atoms with Gasteiger partial charge in [0, 0.05) is 24.7 Å². The molecule has 0 bridgehead atoms. The van der Waals surface area contributed by atoms with E-state index in [1.807, 2.05) is 0 Å². The summed E-state index contributed by atoms with van der Waals surface area (Å²) in [6, 6.07) is 1.52. The fourth-order valence-electron chi connectivity index (χ4n) is 2.39. The van der Waals surface area contributed by atoms with Crippen molar-refractivity contribution in [1.29, 1.82) is 0 Å². The molecule has 2 atom stereocenters. The third kappa shape index (κ3) is 3.41. The number of aliphatic hydroxyl groups is 1. The summed E-state index contributed by atoms with van der Waals surface area (Å²) in [5.41, 5.74) is 0. The lowest BCUT2D eigenvalue weighted by Crippen LogP contribution is -2.50. The zero-order valence-corrected chi connectivity index (χ0v) is 9.41. The summed E-state index contributed by atoms with van der Waals surface area (Å²) >= 11 is 0. The van der Waals surface area contributed by atoms with Crippen molar-refractivity contribution in [3.05, 3.63) is 0 Å². The van der Waals surface area contributed by atoms with Crippen LogP contribution in [0.4, 0.5) is 0 Å². The van der Waals surface area contributed by atoms with E-state index in [-0.39, 0.29) is 6.10 Å². The van der Waals surface area contributed by atoms with Crippen LogP contribution in [-0.4, -0.2) is 49.1 Å². The number of rotatable bonds is 4. The van der Waals surface area contributed by atoms with Crippen LogP contribution in [0.1, 0.15) is 26.2 Å². The molecule has 1 saturated heterocycles. The number of hydrogen-bond acceptors (Lipinski definition) is 4. The Hall–Kier alpha value is -0.160. The summed E-state index contributed by atoms with van der Waals surface area (Å²) < 4.78 is 5.42. The second-order valence-corrected chi connectivity index (χ2v) is 4.85. The molecule has 2 rings (SSSR count). The van der Waals surface area contributed by atoms with Crippen molar-refractivity contribution in [2.24, 2.45) is 0 Å². The van der Waals surface area contributed by atoms with Gasteiger partial charge in [0.05, 0.1) is 19.3 Å². The first kappa shape index (κ1) is 11.3. The topological polar surface area (TPSA) is 53.5 Å². The van der Waals surface area contributed by atoms with Gasteiger partial charge in [-0.2, -0.15) is 0 Å². The van der Waals surface area contributed by atoms with E-state index in [0.29, 0.717) is 18.1 Å². The molecule has 3 N–H and O–H groups in total. The molecule has 2 fully saturated rings. The van der Waals surface area contributed by atoms with Crippen LogP contribution in [0, 0.1) is 0 Å². The van der Waals surface area contributed by atoms with Crippen LogP contribution in [0.2, 0.25) is 0 Å². The highest BCUT2D eigenvalue weighted by atomic mass is 16.5. The van der Waals surface area contributed by atoms with Gasteiger partial charge < -0.3 is 20.5 Å². The molecular weight excluding hydrogens is 192 g/mol. The van der Waals surface area contributed by atoms with Gasteiger partial charge in [0.15, 0.2) is 0 Å². The van der Waals surface area contributed by atoms with Crippen LogP contribution in [0.5, 0.6) is 0 Å². The Morgan fingerprint density at radius 2 is 2.33 bits per heavy atom. The van der Waals surface area contributed by atoms with Gasteiger partial charge in [0.1, 0.15) is 0 Å². The second kappa shape index (κ2) is 5.25. The molecule has 4 heteroatoms. The van der Waals surface area contributed by atoms with Crippen molar-refractivity contribution in [2.45, 2.75) is 50.4 Å². The van der Waals surface area contributed by atoms with E-state index in [1.54, 1.807) is 0 Å². The average molecular weight is 214 g/mol. The van der Waals surface area contributed by atoms with E-state index in [2.05, 4.69) is 17.6 Å². The van der Waals surface area contributed by atoms with Crippen LogP contribution >= 0.6 is 0 Å². The number of hydrogen-bond donors (Lipinski definition) is 3. The maximum absolute atomic E-state index is 9.18. The summed E-state index contributed by atoms with van der Waals surface area (Å²) in [4.78, 5) is 0. The highest BCUT2D eigenvalue weighted by molar-refractivity contribution is 4.87. The van der Waals surface area contributed by atoms with E-state index in [4.69, 9.17) is 4.74 Å². The van der Waals surface area contributed by atoms with Gasteiger partial charge in [-0.25, -0.2) is 0 Å². The van der Waals surface area contributed by atoms with Gasteiger partial charge in [0.25, 0.3) is 0 Å². The molecule has 0 amide bonds. The fraction of sp³-hybridized carbons (Fsp3) is 1.00. The Labute approximate surface area is 91.4 Å². The summed E-state index contributed by atoms with van der Waals surface area (Å²) in [6.07, 6.45) is 2.87. The van der Waals surface area contributed by atoms with Gasteiger partial charge in [0.2, 0.25) is 0 Å². The number of aliphatic hydroxyl groups excluding tert-OH is 1. The Morgan fingerprint density at radius 1 is 1.53 bits per heavy atom. The highest BCUT2D eigenvalue weighted by Crippen LogP contribution is 2.20. The predicted octanol–water partition coefficient (Wildman–Crippen LogP) is -0.134. The Balaban J connectivity index is 1.61. The Bertz CT molecular complexity index is 189. The van der Waals surface area contributed by atoms with Crippen LogP contribution in [-0.2, 0) is 4.74 Å². The highest BCUT2D eigenvalue weighted by Gasteiger charge is 2.28. The summed E-state index contributed by atoms with van der Waals surface area (Å²) in [5.74, 6) is 0. The molecule has 0 spiro atoms. The van der Waals surface area contributed by atoms with Crippen LogP contribution < -0.4 is 10.6 Å². The molecule has 15 heavy (non-hydrogen) atoms. The van der Waals surface area contributed by atoms with Gasteiger partial charge in [-0.3, -0.25) is 0 Å². The second-order valence-electron chi connectivity index (χ2n) is 4.85. The molecule has 0 aromatic rings. The van der Waals surface area contributed by atoms with E-state index < -0.39 is 0 Å². The molecule has 4 nitrogen and oxygen atoms in total. The van der Waals surface area contributed by atoms with Gasteiger partial charge in [-0.05, 0) is 26.2 Å². The molecule has 88 valence electrons. The minimum absolute atomic E-state index is 0.0640. The summed E-state index contributed by atoms with van der Waals surface area (Å²) in [5, 5.41) is 16.2. The molecule has 1 saturated carbocycles. The van der Waals surface area contributed by atoms with E-state index in [1.165, 1.54) is 0 Å². The molecule has 1 heterocycles. The standard InChI is InChI=1S/C11H22N2O2/c1-8(13-9-5-11(14)6-9)4-10-7-15-3-2-12-10/h8-14H,2-7H2,1H3. The largest absolute Gasteiger partial charge is 0.393 e. The molecule has 1 aliphatic heterocycles. The fourth-order valence-corrected chi connectivity index (χ4v) is 2.39. The van der Waals surface area contributed by atoms with Crippen molar-refractivity contribution >= 4 is 0 Å². The van der Waals surface area contributed by atoms with E-state index >= 15 is 0 Å². The maximum Gasteiger partial charge on any atom is 0.0620 e. The zero-order valence-electron chi connectivity index (χ0n) is 9.41. The average Bonchev–Trinajstić information content (AvgIpc) is 2.17. The summed E-state index contributed by atoms with van der Waals surface area (Å²) in [6.45, 7) is 4.85. The molecule has 0 aromatic carbocycles. The van der Waals surface area contributed by atoms with Gasteiger partial charge in [-0.15, -0.1) is 0 Å². The van der Waals surface area contributed by atoms with Gasteiger partial charge in [-0.1, -0.05) is 0 Å². The van der Waals surface area contributed by atoms with Crippen molar-refractivity contribution in [1.82, 2.24) is 10.6 Å². The van der Waals surface area contributed by atoms with Crippen molar-refractivity contribution < 1.29 is 9.84 Å². The predicted molar refractivity (Wildman–Crippen MR) is 58.9 cm³/mol. The van der Waals surface area contributed by atoms with Crippen LogP contribution in [0.3, 0.4) is 0 Å². The van der Waals surface area contributed by atoms with Crippen molar-refractivity contribution in [3.63, 3.8) is 0 Å². The van der Waals surface area contributed by atoms with Crippen molar-refractivity contribution in [2.75, 3.05) is 19.8 Å². The van der Waals surface area contributed by atoms with Crippen LogP contribution in [0.25, 0.3) is 0 Å². The number of ether oxygens (including phenoxy) is 1. The molecule has 2 unspecified atom stereocenters. The Morgan fingerprint density at radius 3 is 2.93 bits per heavy atom. The molecule has 2 aliphatic rings. The normalized spacial score (nSPS) is 38.4. The smallest absolute Gasteiger partial charge is 0.0620 e. The first-order valence-corrected chi connectivity index (χ1v) is 5.99. The minimum Gasteiger partial charge on any atom is -0.393 e. The summed E-state index contributed by atoms with van der Waals surface area (Å²) in [7, 11) is 0. The molecule has 1 aliphatic carbocycles. The number of nitrogens with one attached hydrogen (secondary N) is 2. The minimum atomic E-state index is -0.0640. The van der Waals surface area contributed by atoms with E-state index in [0.717, 1.165) is 39.0 Å². The first-order valence-electron chi connectivity index (χ1n) is 5.99. The lowest BCUT2D eigenvalue weighted by atomic mass is 9.88. The lowest BCUT2D eigenvalue weighted by Gasteiger charge is -2.36. The monoisotopic (exact) mass is 214 g/mol. The third-order valence-corrected chi connectivity index (χ3v) is 3.27. The van der Waals surface area contributed by atoms with Crippen molar-refractivity contribution in [3.8, 4) is 0 Å². The molecule has 0 radical (unpaired) electrons. The molecule has 0 aromatic heterocycles. The van der Waals surface area contributed by atoms with Crippen LogP contribution in [0.15, 0.2) is 0 Å². The first-order chi connectivity index (χ1) is 7.24. The molecular formula is C11H22N2O2. The van der Waals surface area contributed by atoms with Gasteiger partial charge >= 0.3 is 0 Å². The number of morpholine rings is 1. The SMILES string of the molecule is CC(CC1COCCN1)NC1CC(O)C1. The quantitative estimate of drug-likeness (QED) is 0.610. The zero-order chi connectivity index (χ0) is 10.7.